The lowest BCUT2D eigenvalue weighted by atomic mass is 10.00. The molecule has 2 rings (SSSR count). The first-order valence-corrected chi connectivity index (χ1v) is 7.10. The molecule has 2 nitrogen and oxygen atoms in total. The second-order valence-electron chi connectivity index (χ2n) is 5.12. The minimum Gasteiger partial charge on any atom is -0.375 e. The summed E-state index contributed by atoms with van der Waals surface area (Å²) in [7, 11) is 0. The van der Waals surface area contributed by atoms with Gasteiger partial charge in [0.05, 0.1) is 5.69 Å². The van der Waals surface area contributed by atoms with Gasteiger partial charge in [0.2, 0.25) is 0 Å². The van der Waals surface area contributed by atoms with E-state index in [0.29, 0.717) is 11.0 Å². The molecule has 2 N–H and O–H groups in total. The van der Waals surface area contributed by atoms with E-state index in [1.54, 1.807) is 11.3 Å². The average Bonchev–Trinajstić information content (AvgIpc) is 2.65. The highest BCUT2D eigenvalue weighted by molar-refractivity contribution is 7.15. The summed E-state index contributed by atoms with van der Waals surface area (Å²) in [4.78, 5) is 5.76. The Morgan fingerprint density at radius 2 is 2.00 bits per heavy atom. The van der Waals surface area contributed by atoms with Gasteiger partial charge < -0.3 is 5.73 Å². The number of benzene rings is 1. The zero-order chi connectivity index (χ0) is 13.3. The summed E-state index contributed by atoms with van der Waals surface area (Å²) < 4.78 is 0. The van der Waals surface area contributed by atoms with E-state index >= 15 is 0 Å². The highest BCUT2D eigenvalue weighted by atomic mass is 32.1. The first-order valence-electron chi connectivity index (χ1n) is 6.28. The number of hydrogen-bond acceptors (Lipinski definition) is 3. The van der Waals surface area contributed by atoms with Crippen LogP contribution in [0.2, 0.25) is 0 Å². The van der Waals surface area contributed by atoms with Gasteiger partial charge in [-0.2, -0.15) is 0 Å². The Morgan fingerprint density at radius 1 is 1.28 bits per heavy atom. The normalized spacial score (nSPS) is 11.2. The van der Waals surface area contributed by atoms with Gasteiger partial charge in [-0.05, 0) is 30.9 Å². The van der Waals surface area contributed by atoms with E-state index in [1.165, 1.54) is 21.6 Å². The predicted molar refractivity (Wildman–Crippen MR) is 79.3 cm³/mol. The summed E-state index contributed by atoms with van der Waals surface area (Å²) in [6.45, 7) is 8.63. The van der Waals surface area contributed by atoms with Gasteiger partial charge in [-0.3, -0.25) is 0 Å². The van der Waals surface area contributed by atoms with E-state index in [4.69, 9.17) is 5.73 Å². The highest BCUT2D eigenvalue weighted by Gasteiger charge is 2.14. The summed E-state index contributed by atoms with van der Waals surface area (Å²) in [5, 5.41) is 0.680. The van der Waals surface area contributed by atoms with Crippen molar-refractivity contribution in [3.63, 3.8) is 0 Å². The van der Waals surface area contributed by atoms with Crippen LogP contribution in [-0.4, -0.2) is 4.98 Å². The maximum atomic E-state index is 5.85. The number of aromatic nitrogens is 1. The summed E-state index contributed by atoms with van der Waals surface area (Å²) in [6, 6.07) is 6.60. The van der Waals surface area contributed by atoms with E-state index in [2.05, 4.69) is 50.9 Å². The zero-order valence-corrected chi connectivity index (χ0v) is 12.3. The Bertz CT molecular complexity index is 556. The van der Waals surface area contributed by atoms with Crippen molar-refractivity contribution < 1.29 is 0 Å². The van der Waals surface area contributed by atoms with Gasteiger partial charge in [0.15, 0.2) is 5.13 Å². The van der Waals surface area contributed by atoms with Gasteiger partial charge in [-0.15, -0.1) is 11.3 Å². The van der Waals surface area contributed by atoms with E-state index < -0.39 is 0 Å². The first-order chi connectivity index (χ1) is 8.47. The zero-order valence-electron chi connectivity index (χ0n) is 11.4. The molecule has 0 radical (unpaired) electrons. The highest BCUT2D eigenvalue weighted by Crippen LogP contribution is 2.29. The lowest BCUT2D eigenvalue weighted by molar-refractivity contribution is 0.820. The molecule has 2 aromatic rings. The smallest absolute Gasteiger partial charge is 0.180 e. The number of aryl methyl sites for hydroxylation is 2. The molecule has 0 aliphatic carbocycles. The molecule has 0 bridgehead atoms. The van der Waals surface area contributed by atoms with Crippen molar-refractivity contribution >= 4 is 16.5 Å². The number of thiazole rings is 1. The van der Waals surface area contributed by atoms with Crippen molar-refractivity contribution in [3.8, 4) is 0 Å². The van der Waals surface area contributed by atoms with Crippen LogP contribution in [0.25, 0.3) is 0 Å². The van der Waals surface area contributed by atoms with Gasteiger partial charge in [0, 0.05) is 11.3 Å². The maximum absolute atomic E-state index is 5.85. The van der Waals surface area contributed by atoms with Crippen LogP contribution >= 0.6 is 11.3 Å². The van der Waals surface area contributed by atoms with Crippen LogP contribution in [0.4, 0.5) is 5.13 Å². The van der Waals surface area contributed by atoms with Gasteiger partial charge in [0.1, 0.15) is 0 Å². The van der Waals surface area contributed by atoms with Crippen LogP contribution < -0.4 is 5.73 Å². The second-order valence-corrected chi connectivity index (χ2v) is 6.24. The minimum atomic E-state index is 0.429. The van der Waals surface area contributed by atoms with Gasteiger partial charge in [-0.25, -0.2) is 4.98 Å². The number of hydrogen-bond donors (Lipinski definition) is 1. The van der Waals surface area contributed by atoms with Crippen LogP contribution in [0, 0.1) is 13.8 Å². The Kier molecular flexibility index (Phi) is 3.71. The van der Waals surface area contributed by atoms with Crippen molar-refractivity contribution in [1.29, 1.82) is 0 Å². The van der Waals surface area contributed by atoms with Crippen molar-refractivity contribution in [2.24, 2.45) is 0 Å². The van der Waals surface area contributed by atoms with Gasteiger partial charge >= 0.3 is 0 Å². The lowest BCUT2D eigenvalue weighted by Crippen LogP contribution is -1.97. The molecule has 1 aromatic heterocycles. The second kappa shape index (κ2) is 5.11. The summed E-state index contributed by atoms with van der Waals surface area (Å²) in [6.07, 6.45) is 0.940. The molecule has 0 amide bonds. The van der Waals surface area contributed by atoms with Crippen LogP contribution in [0.3, 0.4) is 0 Å². The van der Waals surface area contributed by atoms with E-state index in [9.17, 15) is 0 Å². The molecule has 0 fully saturated rings. The van der Waals surface area contributed by atoms with Crippen LogP contribution in [0.5, 0.6) is 0 Å². The monoisotopic (exact) mass is 260 g/mol. The molecular formula is C15H20N2S. The first kappa shape index (κ1) is 13.1. The average molecular weight is 260 g/mol. The van der Waals surface area contributed by atoms with Crippen molar-refractivity contribution in [1.82, 2.24) is 4.98 Å². The SMILES string of the molecule is Cc1ccc(C)c(Cc2sc(N)nc2C(C)C)c1. The molecule has 3 heteroatoms. The van der Waals surface area contributed by atoms with E-state index in [1.807, 2.05) is 0 Å². The van der Waals surface area contributed by atoms with Crippen molar-refractivity contribution in [3.05, 3.63) is 45.5 Å². The molecular weight excluding hydrogens is 240 g/mol. The summed E-state index contributed by atoms with van der Waals surface area (Å²) in [5.74, 6) is 0.429. The van der Waals surface area contributed by atoms with Crippen LogP contribution in [-0.2, 0) is 6.42 Å². The molecule has 0 saturated heterocycles. The Balaban J connectivity index is 2.36. The molecule has 0 aliphatic heterocycles. The molecule has 0 saturated carbocycles. The number of nitrogens with zero attached hydrogens (tertiary/aromatic N) is 1. The molecule has 0 atom stereocenters. The van der Waals surface area contributed by atoms with Gasteiger partial charge in [-0.1, -0.05) is 37.6 Å². The topological polar surface area (TPSA) is 38.9 Å². The molecule has 1 aromatic carbocycles. The van der Waals surface area contributed by atoms with E-state index in [0.717, 1.165) is 12.1 Å². The Hall–Kier alpha value is -1.35. The van der Waals surface area contributed by atoms with Gasteiger partial charge in [0.25, 0.3) is 0 Å². The number of anilines is 1. The van der Waals surface area contributed by atoms with Crippen molar-refractivity contribution in [2.75, 3.05) is 5.73 Å². The largest absolute Gasteiger partial charge is 0.375 e. The third-order valence-corrected chi connectivity index (χ3v) is 4.05. The molecule has 96 valence electrons. The molecule has 1 heterocycles. The fourth-order valence-electron chi connectivity index (χ4n) is 2.12. The molecule has 0 spiro atoms. The van der Waals surface area contributed by atoms with Crippen LogP contribution in [0.1, 0.15) is 47.0 Å². The quantitative estimate of drug-likeness (QED) is 0.904. The maximum Gasteiger partial charge on any atom is 0.180 e. The predicted octanol–water partition coefficient (Wildman–Crippen LogP) is 4.06. The number of rotatable bonds is 3. The van der Waals surface area contributed by atoms with E-state index in [-0.39, 0.29) is 0 Å². The Morgan fingerprint density at radius 3 is 2.67 bits per heavy atom. The third kappa shape index (κ3) is 2.72. The van der Waals surface area contributed by atoms with Crippen LogP contribution in [0.15, 0.2) is 18.2 Å². The number of nitrogen functional groups attached to an aromatic ring is 1. The summed E-state index contributed by atoms with van der Waals surface area (Å²) >= 11 is 1.62. The standard InChI is InChI=1S/C15H20N2S/c1-9(2)14-13(18-15(16)17-14)8-12-7-10(3)5-6-11(12)4/h5-7,9H,8H2,1-4H3,(H2,16,17). The number of nitrogens with two attached hydrogens (primary N) is 1. The fourth-order valence-corrected chi connectivity index (χ4v) is 3.13. The third-order valence-electron chi connectivity index (χ3n) is 3.15. The summed E-state index contributed by atoms with van der Waals surface area (Å²) in [5.41, 5.74) is 11.0. The Labute approximate surface area is 113 Å². The molecule has 0 aliphatic rings. The lowest BCUT2D eigenvalue weighted by Gasteiger charge is -2.08. The van der Waals surface area contributed by atoms with Crippen molar-refractivity contribution in [2.45, 2.75) is 40.0 Å². The fraction of sp³-hybridized carbons (Fsp3) is 0.400. The molecule has 18 heavy (non-hydrogen) atoms. The minimum absolute atomic E-state index is 0.429. The molecule has 0 unspecified atom stereocenters.